The zero-order valence-electron chi connectivity index (χ0n) is 41.1. The molecule has 0 aliphatic carbocycles. The van der Waals surface area contributed by atoms with Gasteiger partial charge in [0.2, 0.25) is 11.6 Å². The van der Waals surface area contributed by atoms with Gasteiger partial charge in [-0.05, 0) is 110 Å². The van der Waals surface area contributed by atoms with Crippen molar-refractivity contribution in [2.45, 2.75) is 138 Å². The van der Waals surface area contributed by atoms with Crippen LogP contribution in [0.5, 0.6) is 5.75 Å². The van der Waals surface area contributed by atoms with Crippen LogP contribution in [0.4, 0.5) is 11.4 Å². The molecule has 6 aliphatic rings. The molecule has 0 bridgehead atoms. The van der Waals surface area contributed by atoms with E-state index in [9.17, 15) is 38.2 Å². The predicted molar refractivity (Wildman–Crippen MR) is 271 cm³/mol. The van der Waals surface area contributed by atoms with E-state index >= 15 is 0 Å². The number of benzene rings is 4. The van der Waals surface area contributed by atoms with Crippen molar-refractivity contribution < 1.29 is 57.0 Å². The van der Waals surface area contributed by atoms with E-state index in [0.717, 1.165) is 102 Å². The largest absolute Gasteiger partial charge is 0.744 e. The summed E-state index contributed by atoms with van der Waals surface area (Å²) < 4.78 is 57.1. The van der Waals surface area contributed by atoms with Crippen LogP contribution in [0.2, 0.25) is 5.02 Å². The Kier molecular flexibility index (Phi) is 13.9. The molecule has 4 aromatic rings. The third kappa shape index (κ3) is 9.34. The number of carbonyl (C=O) groups excluding carboxylic acids is 1. The Bertz CT molecular complexity index is 2980. The van der Waals surface area contributed by atoms with Crippen LogP contribution in [0.25, 0.3) is 0 Å². The Hall–Kier alpha value is -4.94. The van der Waals surface area contributed by atoms with E-state index in [1.807, 2.05) is 30.3 Å². The van der Waals surface area contributed by atoms with E-state index in [4.69, 9.17) is 25.8 Å². The normalized spacial score (nSPS) is 25.7. The second-order valence-corrected chi connectivity index (χ2v) is 23.0. The van der Waals surface area contributed by atoms with Crippen molar-refractivity contribution in [1.82, 2.24) is 5.32 Å². The molecule has 72 heavy (non-hydrogen) atoms. The molecule has 0 spiro atoms. The van der Waals surface area contributed by atoms with Crippen molar-refractivity contribution >= 4 is 44.7 Å². The van der Waals surface area contributed by atoms with E-state index in [1.54, 1.807) is 24.3 Å². The molecule has 14 nitrogen and oxygen atoms in total. The fourth-order valence-electron chi connectivity index (χ4n) is 12.0. The molecular formula is C56H64ClN3O11S. The molecule has 6 aliphatic heterocycles. The highest BCUT2D eigenvalue weighted by Gasteiger charge is 2.55. The Morgan fingerprint density at radius 2 is 1.62 bits per heavy atom. The SMILES string of the molecule is CC1(C)C2=C3C=C4C5=[N+](CCC4OC3CCN2c2ccc(CC(=O)NCCCCCCOc3ccc(Cc4cc([C@@H]6O[C@H](CO)[C@@H](O)[C@H](O)[C@H]6O)ccc4Cl)cc3)cc21)c1ccc(S(=O)(=O)[O-])cc1C5(C)C. The second-order valence-electron chi connectivity index (χ2n) is 21.2. The molecule has 0 aromatic heterocycles. The van der Waals surface area contributed by atoms with Gasteiger partial charge in [0.05, 0.1) is 42.2 Å². The van der Waals surface area contributed by atoms with Gasteiger partial charge in [0.15, 0.2) is 12.3 Å². The highest BCUT2D eigenvalue weighted by molar-refractivity contribution is 7.85. The van der Waals surface area contributed by atoms with Crippen molar-refractivity contribution in [2.75, 3.05) is 37.7 Å². The number of aliphatic hydroxyl groups is 4. The third-order valence-electron chi connectivity index (χ3n) is 15.7. The van der Waals surface area contributed by atoms with Gasteiger partial charge < -0.3 is 49.4 Å². The monoisotopic (exact) mass is 1020 g/mol. The quantitative estimate of drug-likeness (QED) is 0.0488. The average molecular weight is 1020 g/mol. The number of amides is 1. The number of anilines is 1. The molecular weight excluding hydrogens is 958 g/mol. The van der Waals surface area contributed by atoms with Gasteiger partial charge in [0.1, 0.15) is 46.4 Å². The number of hydrogen-bond acceptors (Lipinski definition) is 12. The number of ether oxygens (including phenoxy) is 3. The molecule has 0 radical (unpaired) electrons. The summed E-state index contributed by atoms with van der Waals surface area (Å²) in [5.74, 6) is 0.755. The first-order chi connectivity index (χ1) is 34.3. The Balaban J connectivity index is 0.698. The number of unbranched alkanes of at least 4 members (excludes halogenated alkanes) is 3. The van der Waals surface area contributed by atoms with E-state index in [1.165, 1.54) is 22.9 Å². The summed E-state index contributed by atoms with van der Waals surface area (Å²) >= 11 is 6.55. The van der Waals surface area contributed by atoms with Gasteiger partial charge in [-0.2, -0.15) is 4.58 Å². The minimum Gasteiger partial charge on any atom is -0.744 e. The van der Waals surface area contributed by atoms with Crippen molar-refractivity contribution in [2.24, 2.45) is 0 Å². The Labute approximate surface area is 426 Å². The smallest absolute Gasteiger partial charge is 0.224 e. The maximum atomic E-state index is 13.2. The van der Waals surface area contributed by atoms with E-state index in [-0.39, 0.29) is 28.4 Å². The minimum atomic E-state index is -4.61. The maximum absolute atomic E-state index is 13.2. The molecule has 2 unspecified atom stereocenters. The zero-order valence-corrected chi connectivity index (χ0v) is 42.7. The first-order valence-electron chi connectivity index (χ1n) is 25.2. The molecule has 1 fully saturated rings. The fraction of sp³-hybridized carbons (Fsp3) is 0.464. The summed E-state index contributed by atoms with van der Waals surface area (Å²) in [6, 6.07) is 24.2. The van der Waals surface area contributed by atoms with Gasteiger partial charge in [0, 0.05) is 64.1 Å². The Morgan fingerprint density at radius 1 is 0.861 bits per heavy atom. The third-order valence-corrected chi connectivity index (χ3v) is 16.9. The van der Waals surface area contributed by atoms with Crippen LogP contribution in [0.15, 0.2) is 107 Å². The van der Waals surface area contributed by atoms with Crippen molar-refractivity contribution in [1.29, 1.82) is 0 Å². The van der Waals surface area contributed by atoms with Crippen LogP contribution in [0, 0.1) is 0 Å². The van der Waals surface area contributed by atoms with Gasteiger partial charge >= 0.3 is 0 Å². The summed E-state index contributed by atoms with van der Waals surface area (Å²) in [4.78, 5) is 15.5. The van der Waals surface area contributed by atoms with Crippen LogP contribution in [-0.2, 0) is 48.1 Å². The van der Waals surface area contributed by atoms with Gasteiger partial charge in [-0.3, -0.25) is 4.79 Å². The molecule has 4 aromatic carbocycles. The number of rotatable bonds is 15. The summed E-state index contributed by atoms with van der Waals surface area (Å²) in [5, 5.41) is 44.3. The number of allylic oxidation sites excluding steroid dienone is 1. The lowest BCUT2D eigenvalue weighted by atomic mass is 9.74. The van der Waals surface area contributed by atoms with Gasteiger partial charge in [-0.1, -0.05) is 74.7 Å². The van der Waals surface area contributed by atoms with Crippen LogP contribution >= 0.6 is 11.6 Å². The fourth-order valence-corrected chi connectivity index (χ4v) is 12.7. The molecule has 6 heterocycles. The molecule has 382 valence electrons. The molecule has 7 atom stereocenters. The summed E-state index contributed by atoms with van der Waals surface area (Å²) in [5.41, 5.74) is 11.2. The standard InChI is InChI=1S/C56H64ClN3O11S/c1-55(2)40-26-33(11-17-43(40)59-22-19-45-38(53(55)59)30-39-46(70-45)20-23-60-44-18-15-37(72(66,67)68)29-41(44)56(3,4)54(39)60)27-48(62)58-21-7-5-6-8-24-69-36-13-9-32(10-14-36)25-35-28-34(12-16-42(35)57)52-51(65)50(64)49(63)47(31-61)71-52/h9-18,26,28-30,45-47,49-52,61,63-65H,5-8,19-25,27,31H2,1-4H3,(H-,58,62,66,67,68)/t45?,46?,47-,49-,50+,51-,52+/m1/s1. The summed E-state index contributed by atoms with van der Waals surface area (Å²) in [7, 11) is -4.61. The first kappa shape index (κ1) is 50.6. The van der Waals surface area contributed by atoms with Gasteiger partial charge in [0.25, 0.3) is 0 Å². The van der Waals surface area contributed by atoms with Crippen molar-refractivity contribution in [3.63, 3.8) is 0 Å². The van der Waals surface area contributed by atoms with E-state index in [0.29, 0.717) is 36.6 Å². The lowest BCUT2D eigenvalue weighted by Crippen LogP contribution is -2.55. The molecule has 16 heteroatoms. The molecule has 1 amide bonds. The number of nitrogens with zero attached hydrogens (tertiary/aromatic N) is 2. The lowest BCUT2D eigenvalue weighted by Gasteiger charge is -2.42. The highest BCUT2D eigenvalue weighted by Crippen LogP contribution is 2.54. The first-order valence-corrected chi connectivity index (χ1v) is 27.0. The molecule has 10 rings (SSSR count). The number of nitrogens with one attached hydrogen (secondary N) is 1. The molecule has 0 saturated carbocycles. The van der Waals surface area contributed by atoms with Crippen molar-refractivity contribution in [3.05, 3.63) is 140 Å². The maximum Gasteiger partial charge on any atom is 0.224 e. The zero-order chi connectivity index (χ0) is 50.9. The molecule has 5 N–H and O–H groups in total. The topological polar surface area (TPSA) is 201 Å². The lowest BCUT2D eigenvalue weighted by molar-refractivity contribution is -0.445. The van der Waals surface area contributed by atoms with Crippen LogP contribution in [0.3, 0.4) is 0 Å². The molecule has 1 saturated heterocycles. The van der Waals surface area contributed by atoms with Gasteiger partial charge in [-0.25, -0.2) is 8.42 Å². The van der Waals surface area contributed by atoms with Gasteiger partial charge in [-0.15, -0.1) is 0 Å². The second kappa shape index (κ2) is 19.7. The van der Waals surface area contributed by atoms with E-state index < -0.39 is 52.7 Å². The number of aliphatic hydroxyl groups excluding tert-OH is 4. The number of hydrogen-bond donors (Lipinski definition) is 5. The van der Waals surface area contributed by atoms with Crippen LogP contribution < -0.4 is 15.0 Å². The highest BCUT2D eigenvalue weighted by atomic mass is 35.5. The Morgan fingerprint density at radius 3 is 2.39 bits per heavy atom. The minimum absolute atomic E-state index is 0.00314. The number of halogens is 1. The van der Waals surface area contributed by atoms with Crippen LogP contribution in [-0.4, -0.2) is 119 Å². The predicted octanol–water partition coefficient (Wildman–Crippen LogP) is 6.58. The van der Waals surface area contributed by atoms with E-state index in [2.05, 4.69) is 66.8 Å². The summed E-state index contributed by atoms with van der Waals surface area (Å²) in [6.45, 7) is 11.0. The summed E-state index contributed by atoms with van der Waals surface area (Å²) in [6.07, 6.45) is 2.13. The van der Waals surface area contributed by atoms with Crippen molar-refractivity contribution in [3.8, 4) is 5.75 Å². The average Bonchev–Trinajstić information content (AvgIpc) is 3.73. The number of fused-ring (bicyclic) bond motifs is 8. The van der Waals surface area contributed by atoms with Crippen LogP contribution in [0.1, 0.15) is 106 Å². The number of carbonyl (C=O) groups is 1.